The summed E-state index contributed by atoms with van der Waals surface area (Å²) in [6.07, 6.45) is 3.65. The van der Waals surface area contributed by atoms with Gasteiger partial charge in [0.15, 0.2) is 0 Å². The van der Waals surface area contributed by atoms with E-state index >= 15 is 0 Å². The summed E-state index contributed by atoms with van der Waals surface area (Å²) in [5, 5.41) is 0. The standard InChI is InChI=1S/C8H12O.V/c1-4-7-8(5-2)9-6-3;/h5,7H,2,6H2,1,3H3;. The van der Waals surface area contributed by atoms with Crippen LogP contribution in [0.25, 0.3) is 0 Å². The Morgan fingerprint density at radius 2 is 2.30 bits per heavy atom. The number of hydrogen-bond acceptors (Lipinski definition) is 1. The van der Waals surface area contributed by atoms with E-state index in [4.69, 9.17) is 4.74 Å². The fourth-order valence-corrected chi connectivity index (χ4v) is 0.731. The van der Waals surface area contributed by atoms with Gasteiger partial charge in [-0.25, -0.2) is 0 Å². The Labute approximate surface area is 71.3 Å². The Balaban J connectivity index is 4.03. The molecule has 0 atom stereocenters. The zero-order valence-corrected chi connectivity index (χ0v) is 7.82. The normalized spacial score (nSPS) is 10.7. The molecule has 0 radical (unpaired) electrons. The molecule has 0 N–H and O–H groups in total. The van der Waals surface area contributed by atoms with Gasteiger partial charge in [0.25, 0.3) is 0 Å². The molecule has 1 nitrogen and oxygen atoms in total. The van der Waals surface area contributed by atoms with E-state index in [1.807, 2.05) is 19.9 Å². The minimum absolute atomic E-state index is 0.693. The third kappa shape index (κ3) is 4.60. The molecule has 2 heteroatoms. The van der Waals surface area contributed by atoms with Crippen LogP contribution in [0.3, 0.4) is 0 Å². The van der Waals surface area contributed by atoms with Gasteiger partial charge in [-0.05, 0) is 0 Å². The van der Waals surface area contributed by atoms with Crippen molar-refractivity contribution in [3.63, 3.8) is 0 Å². The molecule has 0 spiro atoms. The van der Waals surface area contributed by atoms with Crippen molar-refractivity contribution in [3.8, 4) is 0 Å². The predicted octanol–water partition coefficient (Wildman–Crippen LogP) is 1.83. The zero-order valence-electron chi connectivity index (χ0n) is 6.42. The molecule has 0 rings (SSSR count). The maximum atomic E-state index is 5.21. The average Bonchev–Trinajstić information content (AvgIpc) is 1.86. The molecule has 0 saturated heterocycles. The van der Waals surface area contributed by atoms with Gasteiger partial charge in [0.1, 0.15) is 0 Å². The predicted molar refractivity (Wildman–Crippen MR) is 40.6 cm³/mol. The first-order valence-corrected chi connectivity index (χ1v) is 3.90. The van der Waals surface area contributed by atoms with E-state index in [1.54, 1.807) is 6.08 Å². The van der Waals surface area contributed by atoms with Gasteiger partial charge in [-0.1, -0.05) is 0 Å². The van der Waals surface area contributed by atoms with Crippen LogP contribution in [0.4, 0.5) is 0 Å². The summed E-state index contributed by atoms with van der Waals surface area (Å²) in [4.78, 5) is 0. The van der Waals surface area contributed by atoms with Crippen molar-refractivity contribution in [2.75, 3.05) is 6.61 Å². The van der Waals surface area contributed by atoms with Gasteiger partial charge in [-0.3, -0.25) is 0 Å². The molecular formula is C8H12OV. The molecular weight excluding hydrogens is 163 g/mol. The van der Waals surface area contributed by atoms with Gasteiger partial charge in [-0.15, -0.1) is 0 Å². The van der Waals surface area contributed by atoms with Crippen LogP contribution >= 0.6 is 0 Å². The fourth-order valence-electron chi connectivity index (χ4n) is 0.532. The second kappa shape index (κ2) is 5.51. The molecule has 0 unspecified atom stereocenters. The quantitative estimate of drug-likeness (QED) is 0.468. The second-order valence-electron chi connectivity index (χ2n) is 1.83. The third-order valence-corrected chi connectivity index (χ3v) is 1.06. The van der Waals surface area contributed by atoms with Gasteiger partial charge >= 0.3 is 70.9 Å². The fraction of sp³-hybridized carbons (Fsp3) is 0.375. The molecule has 0 aliphatic carbocycles. The van der Waals surface area contributed by atoms with Crippen LogP contribution in [0.15, 0.2) is 24.5 Å². The van der Waals surface area contributed by atoms with E-state index in [0.29, 0.717) is 6.61 Å². The Bertz CT molecular complexity index is 159. The van der Waals surface area contributed by atoms with Crippen LogP contribution < -0.4 is 0 Å². The molecule has 0 aromatic carbocycles. The minimum atomic E-state index is 0.693. The van der Waals surface area contributed by atoms with Crippen LogP contribution in [0.5, 0.6) is 0 Å². The first kappa shape index (κ1) is 9.73. The van der Waals surface area contributed by atoms with Crippen LogP contribution in [0, 0.1) is 0 Å². The zero-order chi connectivity index (χ0) is 7.98. The molecule has 0 aromatic heterocycles. The SMILES string of the molecule is C=CC(=C[C](C)=[V])OCC. The molecule has 10 heavy (non-hydrogen) atoms. The second-order valence-corrected chi connectivity index (χ2v) is 2.93. The van der Waals surface area contributed by atoms with E-state index < -0.39 is 0 Å². The van der Waals surface area contributed by atoms with Gasteiger partial charge in [-0.2, -0.15) is 0 Å². The average molecular weight is 175 g/mol. The summed E-state index contributed by atoms with van der Waals surface area (Å²) < 4.78 is 6.38. The van der Waals surface area contributed by atoms with Crippen LogP contribution in [0.2, 0.25) is 0 Å². The summed E-state index contributed by atoms with van der Waals surface area (Å²) in [6.45, 7) is 8.27. The summed E-state index contributed by atoms with van der Waals surface area (Å²) in [5.74, 6) is 0.834. The van der Waals surface area contributed by atoms with Gasteiger partial charge in [0.05, 0.1) is 0 Å². The summed E-state index contributed by atoms with van der Waals surface area (Å²) in [5.41, 5.74) is 0. The molecule has 0 fully saturated rings. The Morgan fingerprint density at radius 3 is 2.60 bits per heavy atom. The summed E-state index contributed by atoms with van der Waals surface area (Å²) in [6, 6.07) is 0. The van der Waals surface area contributed by atoms with Crippen LogP contribution in [-0.4, -0.2) is 10.8 Å². The Morgan fingerprint density at radius 1 is 1.70 bits per heavy atom. The molecule has 0 aliphatic rings. The maximum absolute atomic E-state index is 5.21. The van der Waals surface area contributed by atoms with E-state index in [9.17, 15) is 0 Å². The van der Waals surface area contributed by atoms with Crippen molar-refractivity contribution >= 4 is 4.23 Å². The van der Waals surface area contributed by atoms with Crippen molar-refractivity contribution < 1.29 is 21.7 Å². The van der Waals surface area contributed by atoms with Crippen LogP contribution in [-0.2, 0) is 21.7 Å². The van der Waals surface area contributed by atoms with Gasteiger partial charge < -0.3 is 0 Å². The molecule has 0 saturated carbocycles. The number of ether oxygens (including phenoxy) is 1. The Hall–Kier alpha value is -0.266. The molecule has 0 aromatic rings. The van der Waals surface area contributed by atoms with Crippen molar-refractivity contribution in [3.05, 3.63) is 24.5 Å². The molecule has 0 aliphatic heterocycles. The van der Waals surface area contributed by atoms with Crippen molar-refractivity contribution in [2.24, 2.45) is 0 Å². The molecule has 0 bridgehead atoms. The Kier molecular flexibility index (Phi) is 5.37. The summed E-state index contributed by atoms with van der Waals surface area (Å²) in [7, 11) is 0. The van der Waals surface area contributed by atoms with E-state index in [0.717, 1.165) is 9.99 Å². The monoisotopic (exact) mass is 175 g/mol. The van der Waals surface area contributed by atoms with E-state index in [2.05, 4.69) is 23.6 Å². The van der Waals surface area contributed by atoms with Crippen molar-refractivity contribution in [1.82, 2.24) is 0 Å². The van der Waals surface area contributed by atoms with Crippen molar-refractivity contribution in [2.45, 2.75) is 13.8 Å². The van der Waals surface area contributed by atoms with Crippen LogP contribution in [0.1, 0.15) is 13.8 Å². The first-order chi connectivity index (χ1) is 4.70. The number of allylic oxidation sites excluding steroid dienone is 2. The number of rotatable bonds is 4. The van der Waals surface area contributed by atoms with Crippen molar-refractivity contribution in [1.29, 1.82) is 0 Å². The van der Waals surface area contributed by atoms with E-state index in [1.165, 1.54) is 0 Å². The molecule has 0 amide bonds. The molecule has 55 valence electrons. The molecule has 0 heterocycles. The first-order valence-electron chi connectivity index (χ1n) is 3.20. The number of hydrogen-bond donors (Lipinski definition) is 0. The third-order valence-electron chi connectivity index (χ3n) is 0.863. The summed E-state index contributed by atoms with van der Waals surface area (Å²) >= 11 is 2.45. The van der Waals surface area contributed by atoms with E-state index in [-0.39, 0.29) is 0 Å². The van der Waals surface area contributed by atoms with Gasteiger partial charge in [0, 0.05) is 0 Å². The van der Waals surface area contributed by atoms with Gasteiger partial charge in [0.2, 0.25) is 0 Å². The topological polar surface area (TPSA) is 9.23 Å².